The molecule has 2 nitrogen and oxygen atoms in total. The molecule has 0 amide bonds. The van der Waals surface area contributed by atoms with Crippen LogP contribution in [0.1, 0.15) is 56.2 Å². The molecule has 0 heterocycles. The number of hydrogen-bond acceptors (Lipinski definition) is 2. The van der Waals surface area contributed by atoms with E-state index in [1.165, 1.54) is 29.5 Å². The van der Waals surface area contributed by atoms with Gasteiger partial charge in [0, 0.05) is 6.61 Å². The SMILES string of the molecule is CCOCOc1ccccc1CCCCc1ccc(C(C)C)cc1. The van der Waals surface area contributed by atoms with Gasteiger partial charge in [-0.1, -0.05) is 56.3 Å². The highest BCUT2D eigenvalue weighted by Gasteiger charge is 2.04. The van der Waals surface area contributed by atoms with E-state index < -0.39 is 0 Å². The molecule has 2 heteroatoms. The van der Waals surface area contributed by atoms with Gasteiger partial charge in [-0.2, -0.15) is 0 Å². The summed E-state index contributed by atoms with van der Waals surface area (Å²) in [7, 11) is 0. The third kappa shape index (κ3) is 6.01. The van der Waals surface area contributed by atoms with Crippen LogP contribution in [0, 0.1) is 0 Å². The molecule has 0 saturated carbocycles. The van der Waals surface area contributed by atoms with Crippen molar-refractivity contribution in [3.05, 3.63) is 65.2 Å². The lowest BCUT2D eigenvalue weighted by atomic mass is 9.99. The highest BCUT2D eigenvalue weighted by Crippen LogP contribution is 2.21. The fourth-order valence-corrected chi connectivity index (χ4v) is 2.75. The van der Waals surface area contributed by atoms with Gasteiger partial charge in [0.15, 0.2) is 6.79 Å². The molecule has 2 aromatic carbocycles. The fourth-order valence-electron chi connectivity index (χ4n) is 2.75. The number of para-hydroxylation sites is 1. The van der Waals surface area contributed by atoms with Gasteiger partial charge in [0.05, 0.1) is 0 Å². The average molecular weight is 326 g/mol. The van der Waals surface area contributed by atoms with Crippen LogP contribution in [0.2, 0.25) is 0 Å². The van der Waals surface area contributed by atoms with Gasteiger partial charge in [-0.25, -0.2) is 0 Å². The fraction of sp³-hybridized carbons (Fsp3) is 0.455. The van der Waals surface area contributed by atoms with Gasteiger partial charge in [0.25, 0.3) is 0 Å². The van der Waals surface area contributed by atoms with Crippen molar-refractivity contribution >= 4 is 0 Å². The third-order valence-electron chi connectivity index (χ3n) is 4.28. The van der Waals surface area contributed by atoms with E-state index in [2.05, 4.69) is 50.2 Å². The molecule has 0 unspecified atom stereocenters. The number of benzene rings is 2. The largest absolute Gasteiger partial charge is 0.467 e. The van der Waals surface area contributed by atoms with E-state index in [4.69, 9.17) is 9.47 Å². The van der Waals surface area contributed by atoms with Gasteiger partial charge >= 0.3 is 0 Å². The molecule has 0 aliphatic carbocycles. The summed E-state index contributed by atoms with van der Waals surface area (Å²) >= 11 is 0. The first kappa shape index (κ1) is 18.5. The molecule has 0 aliphatic rings. The Bertz CT molecular complexity index is 587. The summed E-state index contributed by atoms with van der Waals surface area (Å²) in [5.74, 6) is 1.56. The van der Waals surface area contributed by atoms with E-state index in [0.717, 1.165) is 18.6 Å². The van der Waals surface area contributed by atoms with Crippen LogP contribution in [0.25, 0.3) is 0 Å². The molecule has 24 heavy (non-hydrogen) atoms. The number of unbranched alkanes of at least 4 members (excludes halogenated alkanes) is 1. The molecule has 2 rings (SSSR count). The minimum Gasteiger partial charge on any atom is -0.467 e. The van der Waals surface area contributed by atoms with Gasteiger partial charge in [0.2, 0.25) is 0 Å². The first-order valence-electron chi connectivity index (χ1n) is 9.08. The molecule has 0 fully saturated rings. The molecule has 0 aliphatic heterocycles. The molecule has 0 aromatic heterocycles. The van der Waals surface area contributed by atoms with Crippen LogP contribution < -0.4 is 4.74 Å². The molecule has 130 valence electrons. The lowest BCUT2D eigenvalue weighted by Crippen LogP contribution is -2.04. The Labute approximate surface area is 146 Å². The molecule has 0 atom stereocenters. The molecule has 0 spiro atoms. The number of aryl methyl sites for hydroxylation is 2. The maximum Gasteiger partial charge on any atom is 0.189 e. The van der Waals surface area contributed by atoms with Crippen molar-refractivity contribution < 1.29 is 9.47 Å². The predicted molar refractivity (Wildman–Crippen MR) is 101 cm³/mol. The summed E-state index contributed by atoms with van der Waals surface area (Å²) in [5, 5.41) is 0. The van der Waals surface area contributed by atoms with Crippen LogP contribution in [-0.2, 0) is 17.6 Å². The zero-order valence-corrected chi connectivity index (χ0v) is 15.3. The average Bonchev–Trinajstić information content (AvgIpc) is 2.60. The van der Waals surface area contributed by atoms with Crippen LogP contribution in [0.5, 0.6) is 5.75 Å². The van der Waals surface area contributed by atoms with Crippen molar-refractivity contribution in [3.8, 4) is 5.75 Å². The summed E-state index contributed by atoms with van der Waals surface area (Å²) in [5.41, 5.74) is 4.12. The van der Waals surface area contributed by atoms with Crippen LogP contribution in [-0.4, -0.2) is 13.4 Å². The van der Waals surface area contributed by atoms with Crippen molar-refractivity contribution in [1.29, 1.82) is 0 Å². The van der Waals surface area contributed by atoms with Gasteiger partial charge < -0.3 is 9.47 Å². The van der Waals surface area contributed by atoms with E-state index in [0.29, 0.717) is 19.3 Å². The summed E-state index contributed by atoms with van der Waals surface area (Å²) in [6.45, 7) is 7.45. The summed E-state index contributed by atoms with van der Waals surface area (Å²) < 4.78 is 11.0. The predicted octanol–water partition coefficient (Wildman–Crippen LogP) is 5.75. The molecular formula is C22H30O2. The monoisotopic (exact) mass is 326 g/mol. The van der Waals surface area contributed by atoms with Gasteiger partial charge in [-0.15, -0.1) is 0 Å². The van der Waals surface area contributed by atoms with Gasteiger partial charge in [-0.05, 0) is 61.3 Å². The van der Waals surface area contributed by atoms with E-state index in [9.17, 15) is 0 Å². The van der Waals surface area contributed by atoms with Crippen molar-refractivity contribution in [2.45, 2.75) is 52.4 Å². The quantitative estimate of drug-likeness (QED) is 0.409. The van der Waals surface area contributed by atoms with Crippen molar-refractivity contribution in [3.63, 3.8) is 0 Å². The van der Waals surface area contributed by atoms with Crippen LogP contribution in [0.3, 0.4) is 0 Å². The van der Waals surface area contributed by atoms with Crippen molar-refractivity contribution in [2.24, 2.45) is 0 Å². The normalized spacial score (nSPS) is 11.0. The van der Waals surface area contributed by atoms with Gasteiger partial charge in [0.1, 0.15) is 5.75 Å². The first-order valence-corrected chi connectivity index (χ1v) is 9.08. The lowest BCUT2D eigenvalue weighted by Gasteiger charge is -2.11. The Kier molecular flexibility index (Phi) is 7.84. The second-order valence-corrected chi connectivity index (χ2v) is 6.47. The Hall–Kier alpha value is -1.80. The lowest BCUT2D eigenvalue weighted by molar-refractivity contribution is 0.0218. The number of ether oxygens (including phenoxy) is 2. The Morgan fingerprint density at radius 3 is 2.29 bits per heavy atom. The minimum atomic E-state index is 0.329. The molecule has 2 aromatic rings. The Balaban J connectivity index is 1.77. The smallest absolute Gasteiger partial charge is 0.189 e. The highest BCUT2D eigenvalue weighted by atomic mass is 16.7. The van der Waals surface area contributed by atoms with E-state index >= 15 is 0 Å². The molecule has 0 N–H and O–H groups in total. The second kappa shape index (κ2) is 10.1. The third-order valence-corrected chi connectivity index (χ3v) is 4.28. The zero-order valence-electron chi connectivity index (χ0n) is 15.3. The standard InChI is InChI=1S/C22H30O2/c1-4-23-17-24-22-12-8-7-11-21(22)10-6-5-9-19-13-15-20(16-14-19)18(2)3/h7-8,11-16,18H,4-6,9-10,17H2,1-3H3. The zero-order chi connectivity index (χ0) is 17.2. The molecule has 0 bridgehead atoms. The topological polar surface area (TPSA) is 18.5 Å². The summed E-state index contributed by atoms with van der Waals surface area (Å²) in [6, 6.07) is 17.3. The van der Waals surface area contributed by atoms with E-state index in [1.54, 1.807) is 0 Å². The number of hydrogen-bond donors (Lipinski definition) is 0. The maximum atomic E-state index is 5.71. The van der Waals surface area contributed by atoms with Crippen molar-refractivity contribution in [2.75, 3.05) is 13.4 Å². The highest BCUT2D eigenvalue weighted by molar-refractivity contribution is 5.33. The minimum absolute atomic E-state index is 0.329. The molecular weight excluding hydrogens is 296 g/mol. The van der Waals surface area contributed by atoms with E-state index in [1.807, 2.05) is 19.1 Å². The maximum absolute atomic E-state index is 5.71. The summed E-state index contributed by atoms with van der Waals surface area (Å²) in [4.78, 5) is 0. The molecule has 0 saturated heterocycles. The van der Waals surface area contributed by atoms with Crippen LogP contribution in [0.15, 0.2) is 48.5 Å². The summed E-state index contributed by atoms with van der Waals surface area (Å²) in [6.07, 6.45) is 4.55. The molecule has 0 radical (unpaired) electrons. The Morgan fingerprint density at radius 1 is 0.875 bits per heavy atom. The van der Waals surface area contributed by atoms with Crippen LogP contribution in [0.4, 0.5) is 0 Å². The van der Waals surface area contributed by atoms with Crippen molar-refractivity contribution in [1.82, 2.24) is 0 Å². The Morgan fingerprint density at radius 2 is 1.58 bits per heavy atom. The van der Waals surface area contributed by atoms with Crippen LogP contribution >= 0.6 is 0 Å². The second-order valence-electron chi connectivity index (χ2n) is 6.47. The number of rotatable bonds is 10. The van der Waals surface area contributed by atoms with E-state index in [-0.39, 0.29) is 0 Å². The first-order chi connectivity index (χ1) is 11.7. The van der Waals surface area contributed by atoms with Gasteiger partial charge in [-0.3, -0.25) is 0 Å².